The van der Waals surface area contributed by atoms with Gasteiger partial charge in [0.05, 0.1) is 25.2 Å². The van der Waals surface area contributed by atoms with Crippen molar-refractivity contribution in [3.8, 4) is 5.75 Å². The molecule has 9 heteroatoms. The van der Waals surface area contributed by atoms with Gasteiger partial charge in [-0.15, -0.1) is 21.5 Å². The van der Waals surface area contributed by atoms with E-state index in [-0.39, 0.29) is 0 Å². The van der Waals surface area contributed by atoms with E-state index in [9.17, 15) is 0 Å². The van der Waals surface area contributed by atoms with Crippen molar-refractivity contribution < 1.29 is 4.74 Å². The highest BCUT2D eigenvalue weighted by atomic mass is 35.5. The second kappa shape index (κ2) is 10.3. The maximum Gasteiger partial charge on any atom is 0.191 e. The number of benzene rings is 1. The molecule has 154 valence electrons. The number of aryl methyl sites for hydroxylation is 1. The zero-order valence-electron chi connectivity index (χ0n) is 16.8. The van der Waals surface area contributed by atoms with Crippen LogP contribution in [0.3, 0.4) is 0 Å². The lowest BCUT2D eigenvalue weighted by molar-refractivity contribution is 0.415. The number of nitrogens with zero attached hydrogens (tertiary/aromatic N) is 4. The van der Waals surface area contributed by atoms with Crippen LogP contribution in [-0.4, -0.2) is 34.4 Å². The van der Waals surface area contributed by atoms with Gasteiger partial charge >= 0.3 is 0 Å². The standard InChI is InChI=1S/C20H25ClN6OS/c1-14-25-26-19(27(14)2)13-24-20(22-9-8-16-5-4-10-29-16)23-12-15-6-7-18(28-3)17(21)11-15/h4-7,10-11H,8-9,12-13H2,1-3H3,(H2,22,23,24). The number of halogens is 1. The summed E-state index contributed by atoms with van der Waals surface area (Å²) < 4.78 is 7.17. The Labute approximate surface area is 179 Å². The molecule has 3 aromatic rings. The Kier molecular flexibility index (Phi) is 7.48. The Morgan fingerprint density at radius 1 is 1.28 bits per heavy atom. The first-order valence-electron chi connectivity index (χ1n) is 9.28. The largest absolute Gasteiger partial charge is 0.495 e. The summed E-state index contributed by atoms with van der Waals surface area (Å²) in [5.74, 6) is 3.10. The maximum absolute atomic E-state index is 6.22. The highest BCUT2D eigenvalue weighted by Crippen LogP contribution is 2.25. The minimum absolute atomic E-state index is 0.496. The molecule has 0 saturated heterocycles. The molecule has 0 aliphatic carbocycles. The Morgan fingerprint density at radius 3 is 2.79 bits per heavy atom. The zero-order valence-corrected chi connectivity index (χ0v) is 18.3. The fourth-order valence-electron chi connectivity index (χ4n) is 2.68. The zero-order chi connectivity index (χ0) is 20.6. The van der Waals surface area contributed by atoms with Crippen LogP contribution in [0.5, 0.6) is 5.75 Å². The van der Waals surface area contributed by atoms with Crippen LogP contribution in [0, 0.1) is 6.92 Å². The molecule has 3 rings (SSSR count). The smallest absolute Gasteiger partial charge is 0.191 e. The lowest BCUT2D eigenvalue weighted by atomic mass is 10.2. The van der Waals surface area contributed by atoms with Crippen molar-refractivity contribution in [2.24, 2.45) is 12.0 Å². The summed E-state index contributed by atoms with van der Waals surface area (Å²) in [4.78, 5) is 6.04. The molecule has 0 bridgehead atoms. The van der Waals surface area contributed by atoms with Crippen molar-refractivity contribution in [1.82, 2.24) is 25.4 Å². The number of nitrogens with one attached hydrogen (secondary N) is 2. The van der Waals surface area contributed by atoms with Crippen molar-refractivity contribution in [3.05, 3.63) is 62.8 Å². The molecule has 1 aromatic carbocycles. The number of aliphatic imine (C=N–C) groups is 1. The van der Waals surface area contributed by atoms with E-state index < -0.39 is 0 Å². The SMILES string of the molecule is COc1ccc(CN=C(NCCc2cccs2)NCc2nnc(C)n2C)cc1Cl. The van der Waals surface area contributed by atoms with Crippen molar-refractivity contribution in [1.29, 1.82) is 0 Å². The molecule has 0 amide bonds. The fourth-order valence-corrected chi connectivity index (χ4v) is 3.67. The first-order valence-corrected chi connectivity index (χ1v) is 10.5. The molecule has 0 spiro atoms. The second-order valence-electron chi connectivity index (χ2n) is 6.47. The molecule has 2 heterocycles. The molecule has 0 unspecified atom stereocenters. The first-order chi connectivity index (χ1) is 14.1. The number of rotatable bonds is 8. The van der Waals surface area contributed by atoms with Crippen molar-refractivity contribution in [3.63, 3.8) is 0 Å². The topological polar surface area (TPSA) is 76.4 Å². The summed E-state index contributed by atoms with van der Waals surface area (Å²) in [6, 6.07) is 9.89. The van der Waals surface area contributed by atoms with Gasteiger partial charge in [0.2, 0.25) is 0 Å². The number of guanidine groups is 1. The highest BCUT2D eigenvalue weighted by Gasteiger charge is 2.07. The van der Waals surface area contributed by atoms with Crippen LogP contribution in [0.15, 0.2) is 40.7 Å². The molecule has 2 aromatic heterocycles. The van der Waals surface area contributed by atoms with Gasteiger partial charge in [-0.3, -0.25) is 0 Å². The van der Waals surface area contributed by atoms with Gasteiger partial charge in [0.1, 0.15) is 11.6 Å². The summed E-state index contributed by atoms with van der Waals surface area (Å²) in [6.07, 6.45) is 0.940. The van der Waals surface area contributed by atoms with Crippen LogP contribution in [-0.2, 0) is 26.6 Å². The van der Waals surface area contributed by atoms with Crippen LogP contribution < -0.4 is 15.4 Å². The molecule has 2 N–H and O–H groups in total. The predicted octanol–water partition coefficient (Wildman–Crippen LogP) is 3.33. The molecule has 7 nitrogen and oxygen atoms in total. The molecule has 0 fully saturated rings. The number of ether oxygens (including phenoxy) is 1. The Balaban J connectivity index is 1.65. The average molecular weight is 433 g/mol. The third kappa shape index (κ3) is 5.95. The van der Waals surface area contributed by atoms with Crippen LogP contribution in [0.2, 0.25) is 5.02 Å². The molecular formula is C20H25ClN6OS. The quantitative estimate of drug-likeness (QED) is 0.421. The number of methoxy groups -OCH3 is 1. The van der Waals surface area contributed by atoms with Crippen LogP contribution in [0.4, 0.5) is 0 Å². The normalized spacial score (nSPS) is 11.5. The molecule has 0 radical (unpaired) electrons. The number of aromatic nitrogens is 3. The van der Waals surface area contributed by atoms with Crippen molar-refractivity contribution in [2.45, 2.75) is 26.4 Å². The first kappa shape index (κ1) is 21.1. The lowest BCUT2D eigenvalue weighted by Gasteiger charge is -2.12. The summed E-state index contributed by atoms with van der Waals surface area (Å²) in [7, 11) is 3.56. The second-order valence-corrected chi connectivity index (χ2v) is 7.91. The van der Waals surface area contributed by atoms with Crippen molar-refractivity contribution >= 4 is 28.9 Å². The van der Waals surface area contributed by atoms with Gasteiger partial charge in [-0.1, -0.05) is 23.7 Å². The van der Waals surface area contributed by atoms with Gasteiger partial charge in [0, 0.05) is 18.5 Å². The molecule has 0 saturated carbocycles. The fraction of sp³-hybridized carbons (Fsp3) is 0.350. The predicted molar refractivity (Wildman–Crippen MR) is 118 cm³/mol. The Hall–Kier alpha value is -2.58. The monoisotopic (exact) mass is 432 g/mol. The van der Waals surface area contributed by atoms with Crippen LogP contribution >= 0.6 is 22.9 Å². The van der Waals surface area contributed by atoms with E-state index in [1.165, 1.54) is 4.88 Å². The third-order valence-corrected chi connectivity index (χ3v) is 5.71. The molecule has 29 heavy (non-hydrogen) atoms. The van der Waals surface area contributed by atoms with E-state index in [4.69, 9.17) is 21.3 Å². The minimum Gasteiger partial charge on any atom is -0.495 e. The molecule has 0 atom stereocenters. The Bertz CT molecular complexity index is 954. The van der Waals surface area contributed by atoms with Gasteiger partial charge in [-0.2, -0.15) is 0 Å². The van der Waals surface area contributed by atoms with E-state index in [1.807, 2.05) is 36.7 Å². The van der Waals surface area contributed by atoms with E-state index in [0.717, 1.165) is 30.2 Å². The van der Waals surface area contributed by atoms with Crippen molar-refractivity contribution in [2.75, 3.05) is 13.7 Å². The third-order valence-electron chi connectivity index (χ3n) is 4.48. The van der Waals surface area contributed by atoms with Gasteiger partial charge in [0.15, 0.2) is 11.8 Å². The van der Waals surface area contributed by atoms with E-state index in [2.05, 4.69) is 38.3 Å². The average Bonchev–Trinajstić information content (AvgIpc) is 3.34. The molecule has 0 aliphatic rings. The van der Waals surface area contributed by atoms with E-state index in [1.54, 1.807) is 18.4 Å². The highest BCUT2D eigenvalue weighted by molar-refractivity contribution is 7.09. The lowest BCUT2D eigenvalue weighted by Crippen LogP contribution is -2.38. The summed E-state index contributed by atoms with van der Waals surface area (Å²) in [5, 5.41) is 17.7. The molecular weight excluding hydrogens is 408 g/mol. The van der Waals surface area contributed by atoms with Crippen LogP contribution in [0.25, 0.3) is 0 Å². The van der Waals surface area contributed by atoms with Gasteiger partial charge in [-0.05, 0) is 42.5 Å². The summed E-state index contributed by atoms with van der Waals surface area (Å²) in [6.45, 7) is 3.74. The van der Waals surface area contributed by atoms with E-state index >= 15 is 0 Å². The minimum atomic E-state index is 0.496. The van der Waals surface area contributed by atoms with Gasteiger partial charge in [0.25, 0.3) is 0 Å². The molecule has 0 aliphatic heterocycles. The summed E-state index contributed by atoms with van der Waals surface area (Å²) in [5.41, 5.74) is 1.00. The van der Waals surface area contributed by atoms with Gasteiger partial charge in [-0.25, -0.2) is 4.99 Å². The van der Waals surface area contributed by atoms with Gasteiger partial charge < -0.3 is 19.9 Å². The Morgan fingerprint density at radius 2 is 2.14 bits per heavy atom. The maximum atomic E-state index is 6.22. The number of hydrogen-bond acceptors (Lipinski definition) is 5. The summed E-state index contributed by atoms with van der Waals surface area (Å²) >= 11 is 7.98. The number of thiophene rings is 1. The van der Waals surface area contributed by atoms with Crippen LogP contribution in [0.1, 0.15) is 22.1 Å². The van der Waals surface area contributed by atoms with E-state index in [0.29, 0.717) is 29.8 Å². The number of hydrogen-bond donors (Lipinski definition) is 2.